The van der Waals surface area contributed by atoms with Gasteiger partial charge in [-0.25, -0.2) is 4.39 Å². The van der Waals surface area contributed by atoms with E-state index >= 15 is 0 Å². The Balaban J connectivity index is 1.70. The first kappa shape index (κ1) is 18.2. The molecule has 0 aliphatic carbocycles. The van der Waals surface area contributed by atoms with Crippen molar-refractivity contribution in [3.63, 3.8) is 0 Å². The Hall–Kier alpha value is -1.11. The van der Waals surface area contributed by atoms with Crippen molar-refractivity contribution >= 4 is 17.7 Å². The van der Waals surface area contributed by atoms with Crippen LogP contribution in [0.25, 0.3) is 0 Å². The first-order valence-electron chi connectivity index (χ1n) is 8.03. The molecule has 1 heterocycles. The molecule has 4 nitrogen and oxygen atoms in total. The number of thioether (sulfide) groups is 1. The van der Waals surface area contributed by atoms with Crippen LogP contribution in [-0.2, 0) is 9.53 Å². The first-order valence-corrected chi connectivity index (χ1v) is 9.01. The predicted molar refractivity (Wildman–Crippen MR) is 91.2 cm³/mol. The number of carbonyl (C=O) groups excluding carboxylic acids is 1. The van der Waals surface area contributed by atoms with Crippen molar-refractivity contribution in [1.82, 2.24) is 10.6 Å². The molecule has 1 aromatic carbocycles. The van der Waals surface area contributed by atoms with E-state index in [9.17, 15) is 9.18 Å². The summed E-state index contributed by atoms with van der Waals surface area (Å²) in [5, 5.41) is 6.34. The van der Waals surface area contributed by atoms with Gasteiger partial charge in [-0.3, -0.25) is 4.79 Å². The lowest BCUT2D eigenvalue weighted by Crippen LogP contribution is -2.50. The van der Waals surface area contributed by atoms with Crippen LogP contribution in [0.15, 0.2) is 29.2 Å². The second kappa shape index (κ2) is 9.25. The molecule has 1 aliphatic rings. The van der Waals surface area contributed by atoms with Gasteiger partial charge in [-0.1, -0.05) is 0 Å². The van der Waals surface area contributed by atoms with E-state index in [1.54, 1.807) is 31.0 Å². The van der Waals surface area contributed by atoms with Crippen molar-refractivity contribution in [3.05, 3.63) is 30.1 Å². The van der Waals surface area contributed by atoms with Gasteiger partial charge in [0.15, 0.2) is 0 Å². The van der Waals surface area contributed by atoms with E-state index in [1.807, 2.05) is 0 Å². The summed E-state index contributed by atoms with van der Waals surface area (Å²) >= 11 is 1.67. The molecule has 1 saturated heterocycles. The zero-order valence-electron chi connectivity index (χ0n) is 13.6. The molecule has 0 spiro atoms. The molecular formula is C17H25FN2O2S. The fraction of sp³-hybridized carbons (Fsp3) is 0.588. The maximum absolute atomic E-state index is 12.8. The van der Waals surface area contributed by atoms with Crippen molar-refractivity contribution in [2.45, 2.75) is 24.2 Å². The standard InChI is InChI=1S/C17H25FN2O2S/c1-22-13-17(7-10-19-11-8-17)16(21)20-9-2-12-23-15-5-3-14(18)4-6-15/h3-6,19H,2,7-13H2,1H3,(H,20,21). The highest BCUT2D eigenvalue weighted by atomic mass is 32.2. The average molecular weight is 340 g/mol. The Morgan fingerprint density at radius 3 is 2.70 bits per heavy atom. The third-order valence-corrected chi connectivity index (χ3v) is 5.25. The zero-order valence-corrected chi connectivity index (χ0v) is 14.4. The third-order valence-electron chi connectivity index (χ3n) is 4.15. The molecule has 23 heavy (non-hydrogen) atoms. The molecule has 1 aromatic rings. The Bertz CT molecular complexity index is 484. The highest BCUT2D eigenvalue weighted by Crippen LogP contribution is 2.29. The molecule has 1 amide bonds. The number of halogens is 1. The average Bonchev–Trinajstić information content (AvgIpc) is 2.57. The SMILES string of the molecule is COCC1(C(=O)NCCCSc2ccc(F)cc2)CCNCC1. The van der Waals surface area contributed by atoms with Crippen molar-refractivity contribution in [3.8, 4) is 0 Å². The molecule has 0 aromatic heterocycles. The number of carbonyl (C=O) groups is 1. The molecule has 0 radical (unpaired) electrons. The van der Waals surface area contributed by atoms with Gasteiger partial charge in [0.1, 0.15) is 5.82 Å². The number of methoxy groups -OCH3 is 1. The van der Waals surface area contributed by atoms with Crippen LogP contribution in [0.4, 0.5) is 4.39 Å². The van der Waals surface area contributed by atoms with Gasteiger partial charge in [0, 0.05) is 18.6 Å². The van der Waals surface area contributed by atoms with Gasteiger partial charge in [-0.05, 0) is 62.4 Å². The maximum Gasteiger partial charge on any atom is 0.228 e. The van der Waals surface area contributed by atoms with Crippen molar-refractivity contribution in [1.29, 1.82) is 0 Å². The van der Waals surface area contributed by atoms with Crippen LogP contribution >= 0.6 is 11.8 Å². The van der Waals surface area contributed by atoms with Crippen LogP contribution in [0.1, 0.15) is 19.3 Å². The van der Waals surface area contributed by atoms with Crippen molar-refractivity contribution in [2.75, 3.05) is 39.1 Å². The molecule has 0 atom stereocenters. The molecule has 2 N–H and O–H groups in total. The van der Waals surface area contributed by atoms with Gasteiger partial charge in [0.2, 0.25) is 5.91 Å². The predicted octanol–water partition coefficient (Wildman–Crippen LogP) is 2.44. The number of benzene rings is 1. The van der Waals surface area contributed by atoms with Crippen molar-refractivity contribution in [2.24, 2.45) is 5.41 Å². The fourth-order valence-corrected chi connectivity index (χ4v) is 3.65. The molecule has 0 unspecified atom stereocenters. The summed E-state index contributed by atoms with van der Waals surface area (Å²) in [7, 11) is 1.65. The normalized spacial score (nSPS) is 17.0. The number of rotatable bonds is 8. The molecule has 6 heteroatoms. The summed E-state index contributed by atoms with van der Waals surface area (Å²) in [6.45, 7) is 2.85. The van der Waals surface area contributed by atoms with E-state index in [0.717, 1.165) is 43.0 Å². The Morgan fingerprint density at radius 2 is 2.04 bits per heavy atom. The Morgan fingerprint density at radius 1 is 1.35 bits per heavy atom. The van der Waals surface area contributed by atoms with Gasteiger partial charge in [0.05, 0.1) is 12.0 Å². The summed E-state index contributed by atoms with van der Waals surface area (Å²) in [6.07, 6.45) is 2.52. The van der Waals surface area contributed by atoms with Crippen LogP contribution in [-0.4, -0.2) is 45.0 Å². The summed E-state index contributed by atoms with van der Waals surface area (Å²) < 4.78 is 18.1. The van der Waals surface area contributed by atoms with E-state index in [4.69, 9.17) is 4.74 Å². The van der Waals surface area contributed by atoms with E-state index in [-0.39, 0.29) is 17.1 Å². The topological polar surface area (TPSA) is 50.4 Å². The van der Waals surface area contributed by atoms with E-state index in [2.05, 4.69) is 10.6 Å². The van der Waals surface area contributed by atoms with Crippen LogP contribution in [0.2, 0.25) is 0 Å². The summed E-state index contributed by atoms with van der Waals surface area (Å²) in [5.74, 6) is 0.782. The molecule has 1 fully saturated rings. The maximum atomic E-state index is 12.8. The number of hydrogen-bond acceptors (Lipinski definition) is 4. The molecule has 2 rings (SSSR count). The summed E-state index contributed by atoms with van der Waals surface area (Å²) in [4.78, 5) is 13.6. The number of ether oxygens (including phenoxy) is 1. The van der Waals surface area contributed by atoms with Crippen LogP contribution in [0.5, 0.6) is 0 Å². The monoisotopic (exact) mass is 340 g/mol. The lowest BCUT2D eigenvalue weighted by molar-refractivity contribution is -0.136. The molecule has 128 valence electrons. The summed E-state index contributed by atoms with van der Waals surface area (Å²) in [5.41, 5.74) is -0.385. The summed E-state index contributed by atoms with van der Waals surface area (Å²) in [6, 6.07) is 6.49. The first-order chi connectivity index (χ1) is 11.2. The van der Waals surface area contributed by atoms with Crippen LogP contribution in [0.3, 0.4) is 0 Å². The zero-order chi connectivity index (χ0) is 16.5. The highest BCUT2D eigenvalue weighted by Gasteiger charge is 2.39. The highest BCUT2D eigenvalue weighted by molar-refractivity contribution is 7.99. The lowest BCUT2D eigenvalue weighted by atomic mass is 9.78. The smallest absolute Gasteiger partial charge is 0.228 e. The number of amides is 1. The molecular weight excluding hydrogens is 315 g/mol. The number of piperidine rings is 1. The second-order valence-corrected chi connectivity index (χ2v) is 7.04. The van der Waals surface area contributed by atoms with Crippen LogP contribution in [0, 0.1) is 11.2 Å². The largest absolute Gasteiger partial charge is 0.384 e. The van der Waals surface area contributed by atoms with Crippen molar-refractivity contribution < 1.29 is 13.9 Å². The van der Waals surface area contributed by atoms with Gasteiger partial charge in [-0.2, -0.15) is 0 Å². The second-order valence-electron chi connectivity index (χ2n) is 5.88. The van der Waals surface area contributed by atoms with Gasteiger partial charge in [0.25, 0.3) is 0 Å². The van der Waals surface area contributed by atoms with Gasteiger partial charge < -0.3 is 15.4 Å². The van der Waals surface area contributed by atoms with E-state index < -0.39 is 0 Å². The molecule has 0 bridgehead atoms. The third kappa shape index (κ3) is 5.48. The Labute approximate surface area is 141 Å². The van der Waals surface area contributed by atoms with Crippen LogP contribution < -0.4 is 10.6 Å². The quantitative estimate of drug-likeness (QED) is 0.564. The lowest BCUT2D eigenvalue weighted by Gasteiger charge is -2.35. The van der Waals surface area contributed by atoms with Gasteiger partial charge in [-0.15, -0.1) is 11.8 Å². The number of hydrogen-bond donors (Lipinski definition) is 2. The number of nitrogens with one attached hydrogen (secondary N) is 2. The fourth-order valence-electron chi connectivity index (χ4n) is 2.80. The van der Waals surface area contributed by atoms with Gasteiger partial charge >= 0.3 is 0 Å². The minimum absolute atomic E-state index is 0.104. The Kier molecular flexibility index (Phi) is 7.33. The van der Waals surface area contributed by atoms with E-state index in [0.29, 0.717) is 13.2 Å². The minimum atomic E-state index is -0.385. The molecule has 0 saturated carbocycles. The van der Waals surface area contributed by atoms with E-state index in [1.165, 1.54) is 12.1 Å². The minimum Gasteiger partial charge on any atom is -0.384 e. The molecule has 1 aliphatic heterocycles.